The molecule has 8 nitrogen and oxygen atoms in total. The van der Waals surface area contributed by atoms with Gasteiger partial charge in [0.05, 0.1) is 12.1 Å². The van der Waals surface area contributed by atoms with E-state index in [0.717, 1.165) is 0 Å². The summed E-state index contributed by atoms with van der Waals surface area (Å²) in [5, 5.41) is 15.4. The summed E-state index contributed by atoms with van der Waals surface area (Å²) in [6, 6.07) is 7.10. The maximum Gasteiger partial charge on any atom is 0.305 e. The second-order valence-corrected chi connectivity index (χ2v) is 7.70. The highest BCUT2D eigenvalue weighted by atomic mass is 19.2. The zero-order valence-electron chi connectivity index (χ0n) is 18.3. The lowest BCUT2D eigenvalue weighted by atomic mass is 9.90. The van der Waals surface area contributed by atoms with E-state index in [0.29, 0.717) is 11.3 Å². The van der Waals surface area contributed by atoms with Gasteiger partial charge in [0.2, 0.25) is 17.2 Å². The number of amides is 1. The number of carboxylic acid groups (broad SMARTS) is 1. The topological polar surface area (TPSA) is 114 Å². The quantitative estimate of drug-likeness (QED) is 0.386. The van der Waals surface area contributed by atoms with E-state index in [9.17, 15) is 31.9 Å². The second-order valence-electron chi connectivity index (χ2n) is 7.70. The number of aliphatic carboxylic acids is 1. The number of carboxylic acids is 1. The predicted octanol–water partition coefficient (Wildman–Crippen LogP) is 3.12. The Morgan fingerprint density at radius 3 is 2.34 bits per heavy atom. The Hall–Kier alpha value is -3.96. The summed E-state index contributed by atoms with van der Waals surface area (Å²) in [5.41, 5.74) is -0.368. The molecule has 0 bridgehead atoms. The third-order valence-electron chi connectivity index (χ3n) is 5.38. The lowest BCUT2D eigenvalue weighted by molar-refractivity contribution is -0.148. The molecule has 1 heterocycles. The van der Waals surface area contributed by atoms with Crippen molar-refractivity contribution in [1.29, 1.82) is 0 Å². The molecule has 0 aliphatic carbocycles. The molecule has 0 fully saturated rings. The summed E-state index contributed by atoms with van der Waals surface area (Å²) < 4.78 is 58.9. The van der Waals surface area contributed by atoms with Crippen molar-refractivity contribution in [2.75, 3.05) is 6.61 Å². The molecule has 1 amide bonds. The SMILES string of the molecule is CCC1(C(=O)NC(CC(=O)O)C(=O)COc2c(F)c(F)cc(F)c2F)CC(c2ccccc2)=NO1. The molecular formula is C23H20F4N2O6. The third-order valence-corrected chi connectivity index (χ3v) is 5.38. The van der Waals surface area contributed by atoms with E-state index in [1.807, 2.05) is 0 Å². The first-order chi connectivity index (χ1) is 16.6. The Morgan fingerprint density at radius 1 is 1.14 bits per heavy atom. The van der Waals surface area contributed by atoms with E-state index in [4.69, 9.17) is 9.94 Å². The van der Waals surface area contributed by atoms with Crippen LogP contribution in [0.1, 0.15) is 31.7 Å². The molecule has 0 spiro atoms. The zero-order valence-corrected chi connectivity index (χ0v) is 18.3. The van der Waals surface area contributed by atoms with Crippen LogP contribution >= 0.6 is 0 Å². The van der Waals surface area contributed by atoms with Crippen LogP contribution < -0.4 is 10.1 Å². The van der Waals surface area contributed by atoms with Crippen LogP contribution in [0.3, 0.4) is 0 Å². The van der Waals surface area contributed by atoms with Crippen molar-refractivity contribution in [3.8, 4) is 5.75 Å². The van der Waals surface area contributed by atoms with Crippen molar-refractivity contribution in [3.05, 3.63) is 65.2 Å². The first-order valence-corrected chi connectivity index (χ1v) is 10.4. The van der Waals surface area contributed by atoms with Gasteiger partial charge in [0, 0.05) is 12.5 Å². The number of hydrogen-bond donors (Lipinski definition) is 2. The summed E-state index contributed by atoms with van der Waals surface area (Å²) in [6.45, 7) is 0.449. The molecule has 1 aliphatic heterocycles. The van der Waals surface area contributed by atoms with E-state index in [1.165, 1.54) is 0 Å². The highest BCUT2D eigenvalue weighted by Crippen LogP contribution is 2.31. The lowest BCUT2D eigenvalue weighted by Gasteiger charge is -2.26. The van der Waals surface area contributed by atoms with Gasteiger partial charge in [0.1, 0.15) is 12.6 Å². The molecule has 1 aliphatic rings. The molecule has 2 aromatic carbocycles. The average molecular weight is 496 g/mol. The summed E-state index contributed by atoms with van der Waals surface area (Å²) in [6.07, 6.45) is -0.756. The van der Waals surface area contributed by atoms with E-state index >= 15 is 0 Å². The number of oxime groups is 1. The van der Waals surface area contributed by atoms with Gasteiger partial charge >= 0.3 is 5.97 Å². The number of ether oxygens (including phenoxy) is 1. The number of nitrogens with zero attached hydrogens (tertiary/aromatic N) is 1. The largest absolute Gasteiger partial charge is 0.481 e. The summed E-state index contributed by atoms with van der Waals surface area (Å²) >= 11 is 0. The lowest BCUT2D eigenvalue weighted by Crippen LogP contribution is -2.53. The van der Waals surface area contributed by atoms with Crippen molar-refractivity contribution in [3.63, 3.8) is 0 Å². The number of Topliss-reactive ketones (excluding diaryl/α,β-unsaturated/α-hetero) is 1. The van der Waals surface area contributed by atoms with Crippen molar-refractivity contribution in [2.45, 2.75) is 37.8 Å². The first-order valence-electron chi connectivity index (χ1n) is 10.4. The molecule has 2 aromatic rings. The van der Waals surface area contributed by atoms with Crippen LogP contribution in [0.4, 0.5) is 17.6 Å². The molecule has 0 radical (unpaired) electrons. The molecule has 3 rings (SSSR count). The van der Waals surface area contributed by atoms with Gasteiger partial charge in [-0.05, 0) is 12.0 Å². The maximum atomic E-state index is 13.8. The van der Waals surface area contributed by atoms with Gasteiger partial charge in [-0.2, -0.15) is 8.78 Å². The minimum atomic E-state index is -1.87. The molecule has 2 atom stereocenters. The van der Waals surface area contributed by atoms with Crippen molar-refractivity contribution >= 4 is 23.4 Å². The molecule has 0 saturated heterocycles. The fourth-order valence-electron chi connectivity index (χ4n) is 3.37. The van der Waals surface area contributed by atoms with Gasteiger partial charge < -0.3 is 20.0 Å². The van der Waals surface area contributed by atoms with Gasteiger partial charge in [0.25, 0.3) is 5.91 Å². The van der Waals surface area contributed by atoms with Gasteiger partial charge in [-0.15, -0.1) is 0 Å². The molecule has 186 valence electrons. The van der Waals surface area contributed by atoms with Crippen LogP contribution in [0.5, 0.6) is 5.75 Å². The Morgan fingerprint density at radius 2 is 1.77 bits per heavy atom. The van der Waals surface area contributed by atoms with E-state index < -0.39 is 71.3 Å². The first kappa shape index (κ1) is 25.7. The predicted molar refractivity (Wildman–Crippen MR) is 113 cm³/mol. The number of hydrogen-bond acceptors (Lipinski definition) is 6. The molecule has 0 saturated carbocycles. The number of benzene rings is 2. The second kappa shape index (κ2) is 10.5. The number of nitrogens with one attached hydrogen (secondary N) is 1. The van der Waals surface area contributed by atoms with Gasteiger partial charge in [0.15, 0.2) is 23.2 Å². The highest BCUT2D eigenvalue weighted by molar-refractivity contribution is 6.06. The molecule has 12 heteroatoms. The van der Waals surface area contributed by atoms with Crippen LogP contribution in [0, 0.1) is 23.3 Å². The minimum absolute atomic E-state index is 0.0306. The van der Waals surface area contributed by atoms with Crippen molar-refractivity contribution < 1.29 is 46.6 Å². The standard InChI is InChI=1S/C23H20F4N2O6/c1-2-23(10-16(29-35-23)12-6-4-3-5-7-12)22(33)28-15(9-18(31)32)17(30)11-34-21-19(26)13(24)8-14(25)20(21)27/h3-8,15H,2,9-11H2,1H3,(H,28,33)(H,31,32). The smallest absolute Gasteiger partial charge is 0.305 e. The minimum Gasteiger partial charge on any atom is -0.481 e. The van der Waals surface area contributed by atoms with E-state index in [1.54, 1.807) is 37.3 Å². The van der Waals surface area contributed by atoms with Crippen molar-refractivity contribution in [1.82, 2.24) is 5.32 Å². The van der Waals surface area contributed by atoms with Gasteiger partial charge in [-0.3, -0.25) is 14.4 Å². The van der Waals surface area contributed by atoms with Crippen molar-refractivity contribution in [2.24, 2.45) is 5.16 Å². The normalized spacial score (nSPS) is 17.8. The summed E-state index contributed by atoms with van der Waals surface area (Å²) in [5.74, 6) is -12.2. The van der Waals surface area contributed by atoms with Crippen LogP contribution in [-0.2, 0) is 19.2 Å². The van der Waals surface area contributed by atoms with Crippen LogP contribution in [-0.4, -0.2) is 46.7 Å². The molecule has 0 aromatic heterocycles. The number of halogens is 4. The number of carbonyl (C=O) groups excluding carboxylic acids is 2. The van der Waals surface area contributed by atoms with Crippen LogP contribution in [0.25, 0.3) is 0 Å². The molecule has 35 heavy (non-hydrogen) atoms. The monoisotopic (exact) mass is 496 g/mol. The Bertz CT molecular complexity index is 1150. The van der Waals surface area contributed by atoms with E-state index in [2.05, 4.69) is 15.2 Å². The number of ketones is 1. The van der Waals surface area contributed by atoms with Crippen LogP contribution in [0.15, 0.2) is 41.6 Å². The van der Waals surface area contributed by atoms with Gasteiger partial charge in [-0.1, -0.05) is 42.4 Å². The highest BCUT2D eigenvalue weighted by Gasteiger charge is 2.46. The summed E-state index contributed by atoms with van der Waals surface area (Å²) in [4.78, 5) is 42.2. The maximum absolute atomic E-state index is 13.8. The Labute approximate surface area is 196 Å². The summed E-state index contributed by atoms with van der Waals surface area (Å²) in [7, 11) is 0. The van der Waals surface area contributed by atoms with Crippen LogP contribution in [0.2, 0.25) is 0 Å². The Kier molecular flexibility index (Phi) is 7.72. The number of carbonyl (C=O) groups is 3. The molecule has 2 N–H and O–H groups in total. The zero-order chi connectivity index (χ0) is 25.8. The van der Waals surface area contributed by atoms with E-state index in [-0.39, 0.29) is 18.9 Å². The fourth-order valence-corrected chi connectivity index (χ4v) is 3.37. The van der Waals surface area contributed by atoms with Gasteiger partial charge in [-0.25, -0.2) is 8.78 Å². The number of rotatable bonds is 10. The molecular weight excluding hydrogens is 476 g/mol. The third kappa shape index (κ3) is 5.58. The fraction of sp³-hybridized carbons (Fsp3) is 0.304. The average Bonchev–Trinajstić information content (AvgIpc) is 3.28. The Balaban J connectivity index is 1.73. The molecule has 2 unspecified atom stereocenters.